The molecule has 1 heterocycles. The number of benzene rings is 2. The predicted octanol–water partition coefficient (Wildman–Crippen LogP) is 5.29. The molecule has 1 saturated carbocycles. The van der Waals surface area contributed by atoms with Gasteiger partial charge >= 0.3 is 0 Å². The van der Waals surface area contributed by atoms with Crippen molar-refractivity contribution in [3.05, 3.63) is 83.0 Å². The zero-order chi connectivity index (χ0) is 25.6. The number of carbonyl (C=O) groups is 1. The lowest BCUT2D eigenvalue weighted by atomic mass is 9.88. The van der Waals surface area contributed by atoms with E-state index in [1.165, 1.54) is 29.7 Å². The van der Waals surface area contributed by atoms with Crippen LogP contribution in [0.15, 0.2) is 60.7 Å². The molecule has 37 heavy (non-hydrogen) atoms. The molecule has 1 fully saturated rings. The molecule has 0 radical (unpaired) electrons. The molecule has 2 aliphatic rings. The van der Waals surface area contributed by atoms with Crippen LogP contribution in [-0.2, 0) is 24.1 Å². The van der Waals surface area contributed by atoms with Gasteiger partial charge in [-0.05, 0) is 68.9 Å². The number of nitrogens with zero attached hydrogens (tertiary/aromatic N) is 3. The molecule has 1 atom stereocenters. The van der Waals surface area contributed by atoms with Crippen LogP contribution in [0.3, 0.4) is 0 Å². The lowest BCUT2D eigenvalue weighted by Gasteiger charge is -2.31. The molecule has 6 nitrogen and oxygen atoms in total. The van der Waals surface area contributed by atoms with Crippen LogP contribution in [0.5, 0.6) is 0 Å². The van der Waals surface area contributed by atoms with Crippen molar-refractivity contribution < 1.29 is 4.79 Å². The summed E-state index contributed by atoms with van der Waals surface area (Å²) in [6.07, 6.45) is 9.15. The van der Waals surface area contributed by atoms with Gasteiger partial charge < -0.3 is 15.5 Å². The molecule has 194 valence electrons. The zero-order valence-corrected chi connectivity index (χ0v) is 22.1. The molecule has 1 unspecified atom stereocenters. The van der Waals surface area contributed by atoms with Gasteiger partial charge in [0.15, 0.2) is 0 Å². The molecule has 6 heteroatoms. The Kier molecular flexibility index (Phi) is 8.02. The number of fused-ring (bicyclic) bond motifs is 1. The molecule has 0 spiro atoms. The second kappa shape index (κ2) is 11.8. The fraction of sp³-hybridized carbons (Fsp3) is 0.452. The molecule has 2 aliphatic carbocycles. The van der Waals surface area contributed by atoms with E-state index in [1.54, 1.807) is 0 Å². The minimum atomic E-state index is -0.187. The van der Waals surface area contributed by atoms with Crippen LogP contribution in [0.4, 0.5) is 11.8 Å². The maximum Gasteiger partial charge on any atom is 0.228 e. The van der Waals surface area contributed by atoms with Crippen LogP contribution in [0.1, 0.15) is 66.8 Å². The average Bonchev–Trinajstić information content (AvgIpc) is 2.93. The standard InChI is InChI=1S/C31H39N5O/c1-36(2)29-26-15-9-10-16-28(26)34-31(35-29)33-25-19-17-24(18-20-25)32-30(37)27(23-13-7-4-8-14-23)21-22-11-5-3-6-12-22/h3-8,11-14,24-25,27H,9-10,15-21H2,1-2H3,(H,32,37)(H,33,34,35)/t24-,25+,27?. The summed E-state index contributed by atoms with van der Waals surface area (Å²) in [5.41, 5.74) is 4.78. The summed E-state index contributed by atoms with van der Waals surface area (Å²) >= 11 is 0. The van der Waals surface area contributed by atoms with Crippen LogP contribution in [0.25, 0.3) is 0 Å². The second-order valence-electron chi connectivity index (χ2n) is 10.8. The van der Waals surface area contributed by atoms with E-state index < -0.39 is 0 Å². The molecule has 2 aromatic carbocycles. The molecular weight excluding hydrogens is 458 g/mol. The predicted molar refractivity (Wildman–Crippen MR) is 150 cm³/mol. The first-order valence-corrected chi connectivity index (χ1v) is 13.8. The number of nitrogens with one attached hydrogen (secondary N) is 2. The summed E-state index contributed by atoms with van der Waals surface area (Å²) in [7, 11) is 4.13. The summed E-state index contributed by atoms with van der Waals surface area (Å²) in [5.74, 6) is 1.75. The quantitative estimate of drug-likeness (QED) is 0.443. The van der Waals surface area contributed by atoms with E-state index >= 15 is 0 Å². The van der Waals surface area contributed by atoms with Gasteiger partial charge in [0.25, 0.3) is 0 Å². The molecule has 0 saturated heterocycles. The highest BCUT2D eigenvalue weighted by molar-refractivity contribution is 5.84. The van der Waals surface area contributed by atoms with Gasteiger partial charge in [-0.15, -0.1) is 0 Å². The van der Waals surface area contributed by atoms with Crippen molar-refractivity contribution in [1.29, 1.82) is 0 Å². The van der Waals surface area contributed by atoms with Crippen molar-refractivity contribution in [1.82, 2.24) is 15.3 Å². The van der Waals surface area contributed by atoms with E-state index in [4.69, 9.17) is 9.97 Å². The monoisotopic (exact) mass is 497 g/mol. The van der Waals surface area contributed by atoms with Crippen LogP contribution < -0.4 is 15.5 Å². The number of hydrogen-bond donors (Lipinski definition) is 2. The van der Waals surface area contributed by atoms with Crippen molar-refractivity contribution in [2.75, 3.05) is 24.3 Å². The highest BCUT2D eigenvalue weighted by Crippen LogP contribution is 2.30. The summed E-state index contributed by atoms with van der Waals surface area (Å²) in [5, 5.41) is 7.00. The zero-order valence-electron chi connectivity index (χ0n) is 22.1. The Labute approximate surface area is 220 Å². The van der Waals surface area contributed by atoms with Gasteiger partial charge in [-0.2, -0.15) is 4.98 Å². The Balaban J connectivity index is 1.20. The van der Waals surface area contributed by atoms with Gasteiger partial charge in [0.05, 0.1) is 11.6 Å². The van der Waals surface area contributed by atoms with Crippen LogP contribution >= 0.6 is 0 Å². The Morgan fingerprint density at radius 3 is 2.24 bits per heavy atom. The third kappa shape index (κ3) is 6.30. The van der Waals surface area contributed by atoms with Gasteiger partial charge in [-0.3, -0.25) is 4.79 Å². The van der Waals surface area contributed by atoms with Gasteiger partial charge in [-0.1, -0.05) is 60.7 Å². The molecule has 5 rings (SSSR count). The smallest absolute Gasteiger partial charge is 0.228 e. The summed E-state index contributed by atoms with van der Waals surface area (Å²) in [6, 6.07) is 21.0. The number of anilines is 2. The van der Waals surface area contributed by atoms with E-state index in [9.17, 15) is 4.79 Å². The minimum absolute atomic E-state index is 0.125. The molecule has 1 aromatic heterocycles. The number of aryl methyl sites for hydroxylation is 1. The van der Waals surface area contributed by atoms with Gasteiger partial charge in [0.1, 0.15) is 5.82 Å². The van der Waals surface area contributed by atoms with E-state index in [2.05, 4.69) is 53.9 Å². The van der Waals surface area contributed by atoms with Crippen molar-refractivity contribution in [3.8, 4) is 0 Å². The molecule has 3 aromatic rings. The van der Waals surface area contributed by atoms with E-state index in [1.807, 2.05) is 36.4 Å². The number of amides is 1. The van der Waals surface area contributed by atoms with E-state index in [0.29, 0.717) is 12.5 Å². The van der Waals surface area contributed by atoms with Gasteiger partial charge in [-0.25, -0.2) is 4.98 Å². The van der Waals surface area contributed by atoms with Crippen LogP contribution in [0, 0.1) is 0 Å². The summed E-state index contributed by atoms with van der Waals surface area (Å²) in [6.45, 7) is 0. The lowest BCUT2D eigenvalue weighted by Crippen LogP contribution is -2.42. The molecule has 0 bridgehead atoms. The number of rotatable bonds is 8. The van der Waals surface area contributed by atoms with Gasteiger partial charge in [0, 0.05) is 31.7 Å². The first-order chi connectivity index (χ1) is 18.1. The highest BCUT2D eigenvalue weighted by atomic mass is 16.1. The third-order valence-electron chi connectivity index (χ3n) is 7.79. The summed E-state index contributed by atoms with van der Waals surface area (Å²) in [4.78, 5) is 25.4. The highest BCUT2D eigenvalue weighted by Gasteiger charge is 2.28. The van der Waals surface area contributed by atoms with E-state index in [0.717, 1.165) is 55.9 Å². The number of hydrogen-bond acceptors (Lipinski definition) is 5. The SMILES string of the molecule is CN(C)c1nc(N[C@H]2CC[C@@H](NC(=O)C(Cc3ccccc3)c3ccccc3)CC2)nc2c1CCCC2. The van der Waals surface area contributed by atoms with Crippen molar-refractivity contribution in [2.45, 2.75) is 75.8 Å². The molecule has 1 amide bonds. The van der Waals surface area contributed by atoms with Crippen molar-refractivity contribution >= 4 is 17.7 Å². The number of aromatic nitrogens is 2. The number of carbonyl (C=O) groups excluding carboxylic acids is 1. The fourth-order valence-corrected chi connectivity index (χ4v) is 5.77. The Morgan fingerprint density at radius 1 is 0.892 bits per heavy atom. The topological polar surface area (TPSA) is 70.2 Å². The normalized spacial score (nSPS) is 19.9. The Bertz CT molecular complexity index is 1170. The van der Waals surface area contributed by atoms with Crippen molar-refractivity contribution in [3.63, 3.8) is 0 Å². The summed E-state index contributed by atoms with van der Waals surface area (Å²) < 4.78 is 0. The maximum absolute atomic E-state index is 13.5. The molecule has 0 aliphatic heterocycles. The Hall–Kier alpha value is -3.41. The maximum atomic E-state index is 13.5. The Morgan fingerprint density at radius 2 is 1.54 bits per heavy atom. The molecule has 2 N–H and O–H groups in total. The van der Waals surface area contributed by atoms with Gasteiger partial charge in [0.2, 0.25) is 11.9 Å². The average molecular weight is 498 g/mol. The van der Waals surface area contributed by atoms with Crippen LogP contribution in [0.2, 0.25) is 0 Å². The first-order valence-electron chi connectivity index (χ1n) is 13.8. The third-order valence-corrected chi connectivity index (χ3v) is 7.79. The van der Waals surface area contributed by atoms with E-state index in [-0.39, 0.29) is 17.9 Å². The first kappa shape index (κ1) is 25.2. The second-order valence-corrected chi connectivity index (χ2v) is 10.8. The fourth-order valence-electron chi connectivity index (χ4n) is 5.77. The largest absolute Gasteiger partial charge is 0.362 e. The molecular formula is C31H39N5O. The minimum Gasteiger partial charge on any atom is -0.362 e. The van der Waals surface area contributed by atoms with Crippen molar-refractivity contribution in [2.24, 2.45) is 0 Å². The lowest BCUT2D eigenvalue weighted by molar-refractivity contribution is -0.123. The van der Waals surface area contributed by atoms with Crippen LogP contribution in [-0.4, -0.2) is 42.1 Å².